The van der Waals surface area contributed by atoms with Crippen molar-refractivity contribution in [2.75, 3.05) is 0 Å². The highest BCUT2D eigenvalue weighted by Crippen LogP contribution is 2.31. The third kappa shape index (κ3) is 3.25. The third-order valence-electron chi connectivity index (χ3n) is 2.31. The van der Waals surface area contributed by atoms with Crippen LogP contribution in [0.5, 0.6) is 11.6 Å². The maximum Gasteiger partial charge on any atom is 0.311 e. The molecule has 6 nitrogen and oxygen atoms in total. The van der Waals surface area contributed by atoms with Crippen LogP contribution in [-0.4, -0.2) is 14.9 Å². The van der Waals surface area contributed by atoms with Crippen molar-refractivity contribution in [3.05, 3.63) is 50.4 Å². The van der Waals surface area contributed by atoms with Gasteiger partial charge in [-0.2, -0.15) is 4.98 Å². The van der Waals surface area contributed by atoms with Crippen LogP contribution in [0.25, 0.3) is 0 Å². The van der Waals surface area contributed by atoms with E-state index < -0.39 is 4.92 Å². The van der Waals surface area contributed by atoms with Gasteiger partial charge in [0.05, 0.1) is 4.92 Å². The second-order valence-electron chi connectivity index (χ2n) is 3.91. The molecule has 19 heavy (non-hydrogen) atoms. The highest BCUT2D eigenvalue weighted by Gasteiger charge is 2.16. The summed E-state index contributed by atoms with van der Waals surface area (Å²) < 4.78 is 6.02. The van der Waals surface area contributed by atoms with Crippen LogP contribution in [0.1, 0.15) is 11.4 Å². The van der Waals surface area contributed by atoms with E-state index >= 15 is 0 Å². The number of ether oxygens (including phenoxy) is 1. The average molecular weight is 324 g/mol. The van der Waals surface area contributed by atoms with E-state index in [9.17, 15) is 10.1 Å². The summed E-state index contributed by atoms with van der Waals surface area (Å²) in [5.74, 6) is 0.922. The quantitative estimate of drug-likeness (QED) is 0.490. The van der Waals surface area contributed by atoms with E-state index in [2.05, 4.69) is 25.9 Å². The molecule has 0 atom stereocenters. The number of hydrogen-bond acceptors (Lipinski definition) is 5. The molecule has 1 aromatic carbocycles. The molecule has 0 aliphatic rings. The van der Waals surface area contributed by atoms with Gasteiger partial charge in [-0.1, -0.05) is 6.07 Å². The van der Waals surface area contributed by atoms with Crippen molar-refractivity contribution in [2.24, 2.45) is 0 Å². The van der Waals surface area contributed by atoms with Gasteiger partial charge >= 0.3 is 5.69 Å². The Kier molecular flexibility index (Phi) is 3.75. The number of benzene rings is 1. The Morgan fingerprint density at radius 1 is 1.26 bits per heavy atom. The van der Waals surface area contributed by atoms with Crippen molar-refractivity contribution in [3.63, 3.8) is 0 Å². The molecule has 0 fully saturated rings. The van der Waals surface area contributed by atoms with Gasteiger partial charge in [0.2, 0.25) is 11.6 Å². The summed E-state index contributed by atoms with van der Waals surface area (Å²) in [5.41, 5.74) is 0.700. The highest BCUT2D eigenvalue weighted by molar-refractivity contribution is 9.10. The van der Waals surface area contributed by atoms with Gasteiger partial charge in [0, 0.05) is 12.1 Å². The number of nitro benzene ring substituents is 1. The average Bonchev–Trinajstić information content (AvgIpc) is 2.30. The number of aromatic nitrogens is 2. The van der Waals surface area contributed by atoms with Crippen molar-refractivity contribution in [1.82, 2.24) is 9.97 Å². The highest BCUT2D eigenvalue weighted by atomic mass is 79.9. The van der Waals surface area contributed by atoms with E-state index in [1.807, 2.05) is 0 Å². The first-order chi connectivity index (χ1) is 8.95. The SMILES string of the molecule is Cc1ccc(Oc2cc(Br)nc(C)n2)c([N+](=O)[O-])c1. The molecule has 0 aliphatic heterocycles. The van der Waals surface area contributed by atoms with Crippen molar-refractivity contribution in [3.8, 4) is 11.6 Å². The lowest BCUT2D eigenvalue weighted by molar-refractivity contribution is -0.385. The zero-order valence-electron chi connectivity index (χ0n) is 10.3. The van der Waals surface area contributed by atoms with Gasteiger partial charge in [-0.3, -0.25) is 10.1 Å². The second kappa shape index (κ2) is 5.31. The van der Waals surface area contributed by atoms with Crippen LogP contribution in [0.4, 0.5) is 5.69 Å². The maximum absolute atomic E-state index is 11.0. The topological polar surface area (TPSA) is 78.2 Å². The fourth-order valence-corrected chi connectivity index (χ4v) is 1.98. The number of aryl methyl sites for hydroxylation is 2. The van der Waals surface area contributed by atoms with E-state index in [0.717, 1.165) is 5.56 Å². The molecule has 2 aromatic rings. The minimum Gasteiger partial charge on any atom is -0.432 e. The molecule has 1 aromatic heterocycles. The van der Waals surface area contributed by atoms with Crippen LogP contribution >= 0.6 is 15.9 Å². The number of halogens is 1. The summed E-state index contributed by atoms with van der Waals surface area (Å²) in [6, 6.07) is 6.30. The summed E-state index contributed by atoms with van der Waals surface area (Å²) in [6.07, 6.45) is 0. The summed E-state index contributed by atoms with van der Waals surface area (Å²) in [7, 11) is 0. The Morgan fingerprint density at radius 2 is 2.00 bits per heavy atom. The summed E-state index contributed by atoms with van der Waals surface area (Å²) >= 11 is 3.22. The second-order valence-corrected chi connectivity index (χ2v) is 4.72. The Balaban J connectivity index is 2.40. The summed E-state index contributed by atoms with van der Waals surface area (Å²) in [6.45, 7) is 3.49. The lowest BCUT2D eigenvalue weighted by Crippen LogP contribution is -1.97. The molecule has 0 saturated carbocycles. The minimum atomic E-state index is -0.481. The predicted molar refractivity (Wildman–Crippen MR) is 72.4 cm³/mol. The van der Waals surface area contributed by atoms with Crippen molar-refractivity contribution in [2.45, 2.75) is 13.8 Å². The zero-order valence-corrected chi connectivity index (χ0v) is 11.8. The molecule has 0 radical (unpaired) electrons. The van der Waals surface area contributed by atoms with Crippen LogP contribution in [0.2, 0.25) is 0 Å². The Bertz CT molecular complexity index is 626. The van der Waals surface area contributed by atoms with E-state index in [1.165, 1.54) is 6.07 Å². The Labute approximate surface area is 117 Å². The predicted octanol–water partition coefficient (Wildman–Crippen LogP) is 3.56. The van der Waals surface area contributed by atoms with Crippen molar-refractivity contribution < 1.29 is 9.66 Å². The molecule has 0 amide bonds. The van der Waals surface area contributed by atoms with Gasteiger partial charge in [0.25, 0.3) is 0 Å². The number of hydrogen-bond donors (Lipinski definition) is 0. The number of rotatable bonds is 3. The lowest BCUT2D eigenvalue weighted by atomic mass is 10.2. The van der Waals surface area contributed by atoms with Gasteiger partial charge in [0.15, 0.2) is 0 Å². The molecule has 98 valence electrons. The van der Waals surface area contributed by atoms with Crippen molar-refractivity contribution >= 4 is 21.6 Å². The molecule has 0 N–H and O–H groups in total. The van der Waals surface area contributed by atoms with E-state index in [1.54, 1.807) is 32.0 Å². The van der Waals surface area contributed by atoms with Gasteiger partial charge < -0.3 is 4.74 Å². The molecular formula is C12H10BrN3O3. The van der Waals surface area contributed by atoms with Crippen molar-refractivity contribution in [1.29, 1.82) is 0 Å². The van der Waals surface area contributed by atoms with Crippen LogP contribution < -0.4 is 4.74 Å². The first-order valence-electron chi connectivity index (χ1n) is 5.40. The minimum absolute atomic E-state index is 0.0904. The molecule has 0 aliphatic carbocycles. The number of nitro groups is 1. The molecule has 0 saturated heterocycles. The van der Waals surface area contributed by atoms with Crippen LogP contribution in [0.3, 0.4) is 0 Å². The summed E-state index contributed by atoms with van der Waals surface area (Å²) in [5, 5.41) is 11.0. The molecule has 0 bridgehead atoms. The molecule has 7 heteroatoms. The van der Waals surface area contributed by atoms with Gasteiger partial charge in [0.1, 0.15) is 10.4 Å². The smallest absolute Gasteiger partial charge is 0.311 e. The monoisotopic (exact) mass is 323 g/mol. The van der Waals surface area contributed by atoms with Crippen LogP contribution in [-0.2, 0) is 0 Å². The van der Waals surface area contributed by atoms with Gasteiger partial charge in [-0.25, -0.2) is 4.98 Å². The largest absolute Gasteiger partial charge is 0.432 e. The molecule has 2 rings (SSSR count). The third-order valence-corrected chi connectivity index (χ3v) is 2.72. The fourth-order valence-electron chi connectivity index (χ4n) is 1.53. The van der Waals surface area contributed by atoms with Crippen LogP contribution in [0.15, 0.2) is 28.9 Å². The maximum atomic E-state index is 11.0. The van der Waals surface area contributed by atoms with E-state index in [4.69, 9.17) is 4.74 Å². The Hall–Kier alpha value is -2.02. The van der Waals surface area contributed by atoms with Gasteiger partial charge in [-0.15, -0.1) is 0 Å². The van der Waals surface area contributed by atoms with E-state index in [0.29, 0.717) is 10.4 Å². The fraction of sp³-hybridized carbons (Fsp3) is 0.167. The molecule has 1 heterocycles. The first kappa shape index (κ1) is 13.4. The lowest BCUT2D eigenvalue weighted by Gasteiger charge is -2.06. The molecule has 0 spiro atoms. The zero-order chi connectivity index (χ0) is 14.0. The Morgan fingerprint density at radius 3 is 2.63 bits per heavy atom. The van der Waals surface area contributed by atoms with Gasteiger partial charge in [-0.05, 0) is 41.4 Å². The van der Waals surface area contributed by atoms with E-state index in [-0.39, 0.29) is 17.3 Å². The molecule has 0 unspecified atom stereocenters. The standard InChI is InChI=1S/C12H10BrN3O3/c1-7-3-4-10(9(5-7)16(17)18)19-12-6-11(13)14-8(2)15-12/h3-6H,1-2H3. The van der Waals surface area contributed by atoms with Crippen LogP contribution in [0, 0.1) is 24.0 Å². The first-order valence-corrected chi connectivity index (χ1v) is 6.19. The number of nitrogens with zero attached hydrogens (tertiary/aromatic N) is 3. The normalized spacial score (nSPS) is 10.3. The molecular weight excluding hydrogens is 314 g/mol. The summed E-state index contributed by atoms with van der Waals surface area (Å²) in [4.78, 5) is 18.6.